The fourth-order valence-corrected chi connectivity index (χ4v) is 8.02. The summed E-state index contributed by atoms with van der Waals surface area (Å²) in [5.74, 6) is -1.14. The molecule has 8 nitrogen and oxygen atoms in total. The molecule has 0 aromatic heterocycles. The topological polar surface area (TPSA) is 96.0 Å². The number of anilines is 1. The van der Waals surface area contributed by atoms with Crippen LogP contribution in [0.5, 0.6) is 5.75 Å². The zero-order valence-electron chi connectivity index (χ0n) is 27.7. The Morgan fingerprint density at radius 2 is 1.52 bits per heavy atom. The van der Waals surface area contributed by atoms with Crippen molar-refractivity contribution < 1.29 is 27.1 Å². The minimum atomic E-state index is -4.39. The van der Waals surface area contributed by atoms with E-state index in [1.807, 2.05) is 37.3 Å². The fraction of sp³-hybridized carbons (Fsp3) is 0.316. The lowest BCUT2D eigenvalue weighted by Crippen LogP contribution is -2.55. The highest BCUT2D eigenvalue weighted by molar-refractivity contribution is 7.92. The number of hydrogen-bond acceptors (Lipinski definition) is 5. The second kappa shape index (κ2) is 17.2. The van der Waals surface area contributed by atoms with Gasteiger partial charge in [-0.15, -0.1) is 0 Å². The normalized spacial score (nSPS) is 14.1. The van der Waals surface area contributed by atoms with E-state index in [1.165, 1.54) is 41.3 Å². The van der Waals surface area contributed by atoms with Crippen LogP contribution in [0.1, 0.15) is 50.2 Å². The predicted molar refractivity (Wildman–Crippen MR) is 195 cm³/mol. The molecule has 1 aliphatic carbocycles. The van der Waals surface area contributed by atoms with Crippen molar-refractivity contribution in [1.82, 2.24) is 10.2 Å². The highest BCUT2D eigenvalue weighted by Crippen LogP contribution is 2.30. The molecule has 1 atom stereocenters. The highest BCUT2D eigenvalue weighted by atomic mass is 35.5. The number of hydrogen-bond donors (Lipinski definition) is 1. The van der Waals surface area contributed by atoms with Gasteiger partial charge < -0.3 is 15.0 Å². The molecule has 0 unspecified atom stereocenters. The van der Waals surface area contributed by atoms with Crippen LogP contribution in [0.4, 0.5) is 10.1 Å². The van der Waals surface area contributed by atoms with Crippen LogP contribution in [0.15, 0.2) is 102 Å². The molecule has 0 spiro atoms. The van der Waals surface area contributed by atoms with Gasteiger partial charge in [-0.25, -0.2) is 12.8 Å². The quantitative estimate of drug-likeness (QED) is 0.142. The van der Waals surface area contributed by atoms with Crippen LogP contribution < -0.4 is 14.4 Å². The van der Waals surface area contributed by atoms with Gasteiger partial charge in [0.2, 0.25) is 11.8 Å². The molecule has 1 aliphatic rings. The molecule has 264 valence electrons. The first-order valence-corrected chi connectivity index (χ1v) is 18.8. The molecule has 0 saturated heterocycles. The fourth-order valence-electron chi connectivity index (χ4n) is 6.09. The largest absolute Gasteiger partial charge is 0.494 e. The summed E-state index contributed by atoms with van der Waals surface area (Å²) in [6.07, 6.45) is 4.87. The summed E-state index contributed by atoms with van der Waals surface area (Å²) in [6, 6.07) is 23.8. The van der Waals surface area contributed by atoms with Crippen LogP contribution in [-0.2, 0) is 32.6 Å². The number of ether oxygens (including phenoxy) is 1. The molecule has 50 heavy (non-hydrogen) atoms. The Labute approximate surface area is 303 Å². The van der Waals surface area contributed by atoms with Crippen LogP contribution in [-0.4, -0.2) is 50.4 Å². The summed E-state index contributed by atoms with van der Waals surface area (Å²) in [5, 5.41) is 3.75. The molecule has 0 bridgehead atoms. The maximum absolute atomic E-state index is 14.7. The molecule has 12 heteroatoms. The molecule has 1 N–H and O–H groups in total. The minimum absolute atomic E-state index is 0.0499. The van der Waals surface area contributed by atoms with E-state index in [0.29, 0.717) is 28.0 Å². The van der Waals surface area contributed by atoms with Gasteiger partial charge in [-0.1, -0.05) is 78.9 Å². The molecule has 0 aliphatic heterocycles. The first-order chi connectivity index (χ1) is 24.1. The molecule has 0 heterocycles. The summed E-state index contributed by atoms with van der Waals surface area (Å²) in [7, 11) is -4.39. The van der Waals surface area contributed by atoms with Gasteiger partial charge in [0.05, 0.1) is 17.2 Å². The molecule has 5 rings (SSSR count). The summed E-state index contributed by atoms with van der Waals surface area (Å²) >= 11 is 13.2. The second-order valence-electron chi connectivity index (χ2n) is 12.2. The predicted octanol–water partition coefficient (Wildman–Crippen LogP) is 7.82. The maximum atomic E-state index is 14.7. The Balaban J connectivity index is 1.58. The number of carbonyl (C=O) groups excluding carboxylic acids is 2. The summed E-state index contributed by atoms with van der Waals surface area (Å²) in [4.78, 5) is 30.2. The molecule has 1 saturated carbocycles. The third-order valence-electron chi connectivity index (χ3n) is 8.73. The minimum Gasteiger partial charge on any atom is -0.494 e. The highest BCUT2D eigenvalue weighted by Gasteiger charge is 2.36. The van der Waals surface area contributed by atoms with Crippen LogP contribution in [0.2, 0.25) is 10.0 Å². The summed E-state index contributed by atoms with van der Waals surface area (Å²) < 4.78 is 49.0. The van der Waals surface area contributed by atoms with Crippen molar-refractivity contribution in [3.8, 4) is 5.75 Å². The van der Waals surface area contributed by atoms with Crippen LogP contribution in [0, 0.1) is 5.82 Å². The standard InChI is InChI=1S/C38H40Cl2FN3O5S/c1-2-49-31-20-22-32(23-21-31)50(47,48)44(30-18-16-28(41)17-19-30)26-37(45)43(25-33-34(39)14-9-15-35(33)40)36(24-27-10-5-3-6-11-27)38(46)42-29-12-7-4-8-13-29/h3,5-6,9-11,14-23,29,36H,2,4,7-8,12-13,24-26H2,1H3,(H,42,46)/t36-/m0/s1. The van der Waals surface area contributed by atoms with Gasteiger partial charge in [-0.3, -0.25) is 13.9 Å². The SMILES string of the molecule is CCOc1ccc(S(=O)(=O)N(CC(=O)N(Cc2c(Cl)cccc2Cl)[C@@H](Cc2ccccc2)C(=O)NC2CCCCC2)c2ccc(F)cc2)cc1. The van der Waals surface area contributed by atoms with Crippen molar-refractivity contribution in [3.63, 3.8) is 0 Å². The van der Waals surface area contributed by atoms with E-state index < -0.39 is 34.3 Å². The van der Waals surface area contributed by atoms with Crippen molar-refractivity contribution in [2.75, 3.05) is 17.5 Å². The maximum Gasteiger partial charge on any atom is 0.264 e. The molecule has 0 radical (unpaired) electrons. The van der Waals surface area contributed by atoms with Gasteiger partial charge in [-0.05, 0) is 86.0 Å². The molecule has 4 aromatic carbocycles. The molecule has 1 fully saturated rings. The Morgan fingerprint density at radius 3 is 2.14 bits per heavy atom. The monoisotopic (exact) mass is 739 g/mol. The van der Waals surface area contributed by atoms with Crippen LogP contribution in [0.3, 0.4) is 0 Å². The number of halogens is 3. The van der Waals surface area contributed by atoms with E-state index in [-0.39, 0.29) is 35.5 Å². The molecule has 4 aromatic rings. The van der Waals surface area contributed by atoms with Crippen molar-refractivity contribution in [2.45, 2.75) is 69.0 Å². The summed E-state index contributed by atoms with van der Waals surface area (Å²) in [5.41, 5.74) is 1.28. The van der Waals surface area contributed by atoms with E-state index >= 15 is 0 Å². The average Bonchev–Trinajstić information content (AvgIpc) is 3.11. The van der Waals surface area contributed by atoms with Crippen LogP contribution >= 0.6 is 23.2 Å². The second-order valence-corrected chi connectivity index (χ2v) is 14.8. The van der Waals surface area contributed by atoms with E-state index in [0.717, 1.165) is 54.1 Å². The molecular formula is C38H40Cl2FN3O5S. The lowest BCUT2D eigenvalue weighted by molar-refractivity contribution is -0.140. The van der Waals surface area contributed by atoms with Gasteiger partial charge in [0.1, 0.15) is 24.2 Å². The van der Waals surface area contributed by atoms with Gasteiger partial charge in [-0.2, -0.15) is 0 Å². The van der Waals surface area contributed by atoms with Crippen LogP contribution in [0.25, 0.3) is 0 Å². The summed E-state index contributed by atoms with van der Waals surface area (Å²) in [6.45, 7) is 1.33. The van der Waals surface area contributed by atoms with E-state index in [2.05, 4.69) is 5.32 Å². The lowest BCUT2D eigenvalue weighted by atomic mass is 9.94. The van der Waals surface area contributed by atoms with Gasteiger partial charge in [0.25, 0.3) is 10.0 Å². The Bertz CT molecular complexity index is 1840. The van der Waals surface area contributed by atoms with Crippen molar-refractivity contribution in [3.05, 3.63) is 124 Å². The Kier molecular flexibility index (Phi) is 12.8. The first kappa shape index (κ1) is 37.1. The van der Waals surface area contributed by atoms with E-state index in [9.17, 15) is 22.4 Å². The number of amides is 2. The first-order valence-electron chi connectivity index (χ1n) is 16.6. The van der Waals surface area contributed by atoms with Gasteiger partial charge in [0.15, 0.2) is 0 Å². The number of rotatable bonds is 14. The van der Waals surface area contributed by atoms with Crippen molar-refractivity contribution in [2.24, 2.45) is 0 Å². The number of benzene rings is 4. The van der Waals surface area contributed by atoms with Crippen molar-refractivity contribution >= 4 is 50.7 Å². The lowest BCUT2D eigenvalue weighted by Gasteiger charge is -2.35. The third-order valence-corrected chi connectivity index (χ3v) is 11.2. The molecule has 2 amide bonds. The number of sulfonamides is 1. The number of nitrogens with zero attached hydrogens (tertiary/aromatic N) is 2. The smallest absolute Gasteiger partial charge is 0.264 e. The van der Waals surface area contributed by atoms with Gasteiger partial charge >= 0.3 is 0 Å². The number of nitrogens with one attached hydrogen (secondary N) is 1. The third kappa shape index (κ3) is 9.35. The van der Waals surface area contributed by atoms with E-state index in [1.54, 1.807) is 18.2 Å². The zero-order chi connectivity index (χ0) is 35.7. The van der Waals surface area contributed by atoms with Gasteiger partial charge in [0, 0.05) is 34.6 Å². The van der Waals surface area contributed by atoms with E-state index in [4.69, 9.17) is 27.9 Å². The van der Waals surface area contributed by atoms with Crippen molar-refractivity contribution in [1.29, 1.82) is 0 Å². The Hall–Kier alpha value is -4.12. The Morgan fingerprint density at radius 1 is 0.880 bits per heavy atom. The average molecular weight is 741 g/mol. The zero-order valence-corrected chi connectivity index (χ0v) is 30.1. The number of carbonyl (C=O) groups is 2. The molecular weight excluding hydrogens is 700 g/mol.